The second-order valence-corrected chi connectivity index (χ2v) is 7.32. The minimum absolute atomic E-state index is 0.385. The van der Waals surface area contributed by atoms with Crippen molar-refractivity contribution in [2.75, 3.05) is 0 Å². The molecule has 0 saturated heterocycles. The number of fused-ring (bicyclic) bond motifs is 1. The van der Waals surface area contributed by atoms with Crippen LogP contribution in [0.15, 0.2) is 24.3 Å². The molecule has 0 aliphatic rings. The summed E-state index contributed by atoms with van der Waals surface area (Å²) in [5, 5.41) is 8.98. The van der Waals surface area contributed by atoms with Gasteiger partial charge in [0, 0.05) is 10.9 Å². The van der Waals surface area contributed by atoms with E-state index in [9.17, 15) is 0 Å². The summed E-state index contributed by atoms with van der Waals surface area (Å²) in [5.41, 5.74) is 2.53. The van der Waals surface area contributed by atoms with Crippen LogP contribution in [-0.4, -0.2) is 14.7 Å². The normalized spacial score (nSPS) is 13.2. The number of rotatable bonds is 2. The van der Waals surface area contributed by atoms with Crippen molar-refractivity contribution >= 4 is 63.2 Å². The fraction of sp³-hybridized carbons (Fsp3) is 0.286. The third-order valence-electron chi connectivity index (χ3n) is 2.92. The van der Waals surface area contributed by atoms with E-state index >= 15 is 0 Å². The minimum Gasteiger partial charge on any atom is -0.470 e. The molecule has 21 heavy (non-hydrogen) atoms. The minimum atomic E-state index is -1.89. The summed E-state index contributed by atoms with van der Waals surface area (Å²) in [6.07, 6.45) is -0.499. The molecule has 1 heterocycles. The molecule has 1 atom stereocenters. The van der Waals surface area contributed by atoms with Gasteiger partial charge in [-0.3, -0.25) is 5.41 Å². The van der Waals surface area contributed by atoms with Crippen LogP contribution in [0.25, 0.3) is 10.9 Å². The molecule has 0 spiro atoms. The topological polar surface area (TPSA) is 46.0 Å². The number of pyridine rings is 1. The number of hydrogen-bond donors (Lipinski definition) is 1. The third-order valence-corrected chi connectivity index (χ3v) is 3.65. The van der Waals surface area contributed by atoms with E-state index in [2.05, 4.69) is 4.98 Å². The smallest absolute Gasteiger partial charge is 0.265 e. The first-order valence-electron chi connectivity index (χ1n) is 6.07. The highest BCUT2D eigenvalue weighted by atomic mass is 35.6. The quantitative estimate of drug-likeness (QED) is 0.325. The Bertz CT molecular complexity index is 697. The lowest BCUT2D eigenvalue weighted by atomic mass is 10.0. The Kier molecular flexibility index (Phi) is 4.89. The van der Waals surface area contributed by atoms with Gasteiger partial charge in [0.05, 0.1) is 5.52 Å². The number of nitrogens with one attached hydrogen (secondary N) is 1. The number of hydrogen-bond acceptors (Lipinski definition) is 3. The van der Waals surface area contributed by atoms with Gasteiger partial charge < -0.3 is 4.74 Å². The van der Waals surface area contributed by atoms with Crippen LogP contribution in [0.4, 0.5) is 0 Å². The molecule has 0 fully saturated rings. The van der Waals surface area contributed by atoms with Crippen LogP contribution in [0.3, 0.4) is 0 Å². The van der Waals surface area contributed by atoms with Gasteiger partial charge in [-0.25, -0.2) is 4.98 Å². The Morgan fingerprint density at radius 2 is 1.95 bits per heavy atom. The first-order chi connectivity index (χ1) is 9.68. The predicted molar refractivity (Wildman–Crippen MR) is 89.0 cm³/mol. The summed E-state index contributed by atoms with van der Waals surface area (Å²) in [4.78, 5) is 4.32. The predicted octanol–water partition coefficient (Wildman–Crippen LogP) is 5.62. The summed E-state index contributed by atoms with van der Waals surface area (Å²) >= 11 is 22.9. The van der Waals surface area contributed by atoms with Crippen molar-refractivity contribution in [3.63, 3.8) is 0 Å². The molecular weight excluding hydrogens is 354 g/mol. The Labute approximate surface area is 142 Å². The van der Waals surface area contributed by atoms with Gasteiger partial charge >= 0.3 is 0 Å². The summed E-state index contributed by atoms with van der Waals surface area (Å²) in [5.74, 6) is -0.434. The number of aryl methyl sites for hydroxylation is 1. The molecule has 0 bridgehead atoms. The van der Waals surface area contributed by atoms with Gasteiger partial charge in [0.1, 0.15) is 11.3 Å². The highest BCUT2D eigenvalue weighted by Crippen LogP contribution is 2.33. The zero-order chi connectivity index (χ0) is 15.8. The van der Waals surface area contributed by atoms with Crippen LogP contribution in [0.5, 0.6) is 0 Å². The van der Waals surface area contributed by atoms with E-state index in [1.54, 1.807) is 13.0 Å². The number of ether oxygens (including phenoxy) is 1. The van der Waals surface area contributed by atoms with E-state index in [0.717, 1.165) is 16.5 Å². The fourth-order valence-corrected chi connectivity index (χ4v) is 2.29. The zero-order valence-corrected chi connectivity index (χ0v) is 14.3. The highest BCUT2D eigenvalue weighted by Gasteiger charge is 2.30. The summed E-state index contributed by atoms with van der Waals surface area (Å²) < 4.78 is 3.52. The standard InChI is InChI=1S/C14H12Cl4N2O/c1-7-5-9-3-4-11(15)20-12(9)10(6-7)8(2)21-13(19)14(16,17)18/h3-6,8,19H,1-2H3. The lowest BCUT2D eigenvalue weighted by molar-refractivity contribution is 0.207. The van der Waals surface area contributed by atoms with Gasteiger partial charge in [0.25, 0.3) is 3.79 Å². The van der Waals surface area contributed by atoms with Gasteiger partial charge in [0.15, 0.2) is 0 Å². The molecule has 0 radical (unpaired) electrons. The monoisotopic (exact) mass is 364 g/mol. The van der Waals surface area contributed by atoms with Crippen LogP contribution in [-0.2, 0) is 4.74 Å². The third kappa shape index (κ3) is 3.92. The molecule has 3 nitrogen and oxygen atoms in total. The van der Waals surface area contributed by atoms with E-state index in [-0.39, 0.29) is 0 Å². The Morgan fingerprint density at radius 1 is 1.29 bits per heavy atom. The molecule has 1 unspecified atom stereocenters. The molecule has 0 amide bonds. The highest BCUT2D eigenvalue weighted by molar-refractivity contribution is 6.76. The molecule has 0 aliphatic carbocycles. The maximum absolute atomic E-state index is 7.66. The van der Waals surface area contributed by atoms with Crippen molar-refractivity contribution < 1.29 is 4.74 Å². The molecule has 2 aromatic rings. The van der Waals surface area contributed by atoms with Crippen LogP contribution >= 0.6 is 46.4 Å². The van der Waals surface area contributed by atoms with E-state index in [1.165, 1.54) is 0 Å². The van der Waals surface area contributed by atoms with Crippen molar-refractivity contribution in [2.45, 2.75) is 23.7 Å². The largest absolute Gasteiger partial charge is 0.470 e. The van der Waals surface area contributed by atoms with Crippen molar-refractivity contribution in [1.82, 2.24) is 4.98 Å². The Balaban J connectivity index is 2.45. The van der Waals surface area contributed by atoms with E-state index in [1.807, 2.05) is 25.1 Å². The molecular formula is C14H12Cl4N2O. The molecule has 112 valence electrons. The summed E-state index contributed by atoms with van der Waals surface area (Å²) in [6.45, 7) is 3.73. The van der Waals surface area contributed by atoms with Crippen molar-refractivity contribution in [1.29, 1.82) is 5.41 Å². The molecule has 7 heteroatoms. The Hall–Kier alpha value is -0.740. The molecule has 0 aliphatic heterocycles. The van der Waals surface area contributed by atoms with Crippen LogP contribution in [0.2, 0.25) is 5.15 Å². The van der Waals surface area contributed by atoms with Crippen LogP contribution < -0.4 is 0 Å². The van der Waals surface area contributed by atoms with Gasteiger partial charge in [-0.15, -0.1) is 0 Å². The van der Waals surface area contributed by atoms with Gasteiger partial charge in [-0.05, 0) is 37.6 Å². The van der Waals surface area contributed by atoms with E-state index in [4.69, 9.17) is 56.5 Å². The summed E-state index contributed by atoms with van der Waals surface area (Å²) in [7, 11) is 0. The zero-order valence-electron chi connectivity index (χ0n) is 11.3. The number of alkyl halides is 3. The summed E-state index contributed by atoms with van der Waals surface area (Å²) in [6, 6.07) is 7.52. The number of aromatic nitrogens is 1. The number of benzene rings is 1. The average Bonchev–Trinajstić information content (AvgIpc) is 2.37. The van der Waals surface area contributed by atoms with Gasteiger partial charge in [-0.2, -0.15) is 0 Å². The second kappa shape index (κ2) is 6.17. The maximum atomic E-state index is 7.66. The van der Waals surface area contributed by atoms with Crippen molar-refractivity contribution in [2.24, 2.45) is 0 Å². The maximum Gasteiger partial charge on any atom is 0.265 e. The second-order valence-electron chi connectivity index (χ2n) is 4.65. The van der Waals surface area contributed by atoms with Gasteiger partial charge in [-0.1, -0.05) is 52.5 Å². The lowest BCUT2D eigenvalue weighted by Crippen LogP contribution is -2.22. The first-order valence-corrected chi connectivity index (χ1v) is 7.59. The molecule has 1 aromatic heterocycles. The lowest BCUT2D eigenvalue weighted by Gasteiger charge is -2.20. The first kappa shape index (κ1) is 16.6. The molecule has 1 N–H and O–H groups in total. The van der Waals surface area contributed by atoms with Crippen molar-refractivity contribution in [3.8, 4) is 0 Å². The number of nitrogens with zero attached hydrogens (tertiary/aromatic N) is 1. The number of halogens is 4. The SMILES string of the molecule is Cc1cc(C(C)OC(=N)C(Cl)(Cl)Cl)c2nc(Cl)ccc2c1. The molecule has 2 rings (SSSR count). The molecule has 1 aromatic carbocycles. The molecule has 0 saturated carbocycles. The average molecular weight is 366 g/mol. The van der Waals surface area contributed by atoms with E-state index in [0.29, 0.717) is 10.7 Å². The fourth-order valence-electron chi connectivity index (χ4n) is 2.01. The van der Waals surface area contributed by atoms with Crippen LogP contribution in [0, 0.1) is 12.3 Å². The van der Waals surface area contributed by atoms with Gasteiger partial charge in [0.2, 0.25) is 5.90 Å². The Morgan fingerprint density at radius 3 is 2.57 bits per heavy atom. The van der Waals surface area contributed by atoms with E-state index < -0.39 is 15.8 Å². The van der Waals surface area contributed by atoms with Crippen molar-refractivity contribution in [3.05, 3.63) is 40.5 Å². The van der Waals surface area contributed by atoms with Crippen LogP contribution in [0.1, 0.15) is 24.2 Å².